The highest BCUT2D eigenvalue weighted by molar-refractivity contribution is 5.82. The lowest BCUT2D eigenvalue weighted by molar-refractivity contribution is 0.172. The molecule has 0 saturated carbocycles. The van der Waals surface area contributed by atoms with E-state index in [0.717, 1.165) is 11.0 Å². The molecule has 86 valence electrons. The first-order chi connectivity index (χ1) is 7.39. The molecule has 0 spiro atoms. The third-order valence-electron chi connectivity index (χ3n) is 2.78. The lowest BCUT2D eigenvalue weighted by Gasteiger charge is -2.18. The largest absolute Gasteiger partial charge is 0.458 e. The van der Waals surface area contributed by atoms with E-state index < -0.39 is 6.10 Å². The number of benzene rings is 1. The van der Waals surface area contributed by atoms with Crippen molar-refractivity contribution in [2.45, 2.75) is 39.2 Å². The number of fused-ring (bicyclic) bond motifs is 1. The van der Waals surface area contributed by atoms with Crippen LogP contribution in [0.4, 0.5) is 0 Å². The zero-order valence-electron chi connectivity index (χ0n) is 10.2. The second-order valence-corrected chi connectivity index (χ2v) is 5.30. The van der Waals surface area contributed by atoms with Gasteiger partial charge in [0, 0.05) is 10.9 Å². The first kappa shape index (κ1) is 11.2. The van der Waals surface area contributed by atoms with Gasteiger partial charge in [-0.3, -0.25) is 0 Å². The van der Waals surface area contributed by atoms with Crippen LogP contribution in [0.25, 0.3) is 11.0 Å². The molecule has 0 saturated heterocycles. The van der Waals surface area contributed by atoms with Crippen LogP contribution < -0.4 is 0 Å². The molecule has 1 N–H and O–H groups in total. The number of furan rings is 1. The summed E-state index contributed by atoms with van der Waals surface area (Å²) >= 11 is 0. The highest BCUT2D eigenvalue weighted by Crippen LogP contribution is 2.33. The first-order valence-corrected chi connectivity index (χ1v) is 5.60. The SMILES string of the molecule is CC(O)c1cc2cccc(C(C)(C)C)c2o1. The Bertz CT molecular complexity index is 501. The number of aliphatic hydroxyl groups is 1. The lowest BCUT2D eigenvalue weighted by atomic mass is 9.86. The second-order valence-electron chi connectivity index (χ2n) is 5.30. The maximum Gasteiger partial charge on any atom is 0.138 e. The highest BCUT2D eigenvalue weighted by atomic mass is 16.4. The molecule has 1 aromatic heterocycles. The third kappa shape index (κ3) is 1.85. The molecular formula is C14H18O2. The van der Waals surface area contributed by atoms with E-state index in [-0.39, 0.29) is 5.41 Å². The van der Waals surface area contributed by atoms with E-state index in [1.165, 1.54) is 5.56 Å². The van der Waals surface area contributed by atoms with Crippen LogP contribution in [-0.4, -0.2) is 5.11 Å². The van der Waals surface area contributed by atoms with Gasteiger partial charge in [-0.15, -0.1) is 0 Å². The summed E-state index contributed by atoms with van der Waals surface area (Å²) in [6.07, 6.45) is -0.555. The van der Waals surface area contributed by atoms with Gasteiger partial charge in [-0.25, -0.2) is 0 Å². The highest BCUT2D eigenvalue weighted by Gasteiger charge is 2.20. The van der Waals surface area contributed by atoms with Crippen LogP contribution >= 0.6 is 0 Å². The summed E-state index contributed by atoms with van der Waals surface area (Å²) in [6.45, 7) is 8.19. The summed E-state index contributed by atoms with van der Waals surface area (Å²) in [5.74, 6) is 0.631. The Morgan fingerprint density at radius 1 is 1.25 bits per heavy atom. The summed E-state index contributed by atoms with van der Waals surface area (Å²) < 4.78 is 5.74. The van der Waals surface area contributed by atoms with Gasteiger partial charge < -0.3 is 9.52 Å². The molecule has 0 amide bonds. The van der Waals surface area contributed by atoms with Crippen LogP contribution in [-0.2, 0) is 5.41 Å². The number of aliphatic hydroxyl groups excluding tert-OH is 1. The molecule has 1 atom stereocenters. The van der Waals surface area contributed by atoms with Crippen molar-refractivity contribution < 1.29 is 9.52 Å². The predicted octanol–water partition coefficient (Wildman–Crippen LogP) is 3.78. The van der Waals surface area contributed by atoms with Crippen LogP contribution in [0, 0.1) is 0 Å². The first-order valence-electron chi connectivity index (χ1n) is 5.60. The topological polar surface area (TPSA) is 33.4 Å². The molecule has 0 radical (unpaired) electrons. The molecule has 16 heavy (non-hydrogen) atoms. The Hall–Kier alpha value is -1.28. The predicted molar refractivity (Wildman–Crippen MR) is 65.5 cm³/mol. The van der Waals surface area contributed by atoms with Gasteiger partial charge in [0.05, 0.1) is 0 Å². The molecule has 0 aliphatic carbocycles. The van der Waals surface area contributed by atoms with Crippen LogP contribution in [0.15, 0.2) is 28.7 Å². The molecule has 1 heterocycles. The third-order valence-corrected chi connectivity index (χ3v) is 2.78. The van der Waals surface area contributed by atoms with Crippen LogP contribution in [0.5, 0.6) is 0 Å². The minimum absolute atomic E-state index is 0.0489. The zero-order valence-corrected chi connectivity index (χ0v) is 10.2. The summed E-state index contributed by atoms with van der Waals surface area (Å²) in [7, 11) is 0. The molecule has 1 unspecified atom stereocenters. The van der Waals surface area contributed by atoms with E-state index in [1.54, 1.807) is 6.92 Å². The Kier molecular flexibility index (Phi) is 2.55. The molecule has 2 heteroatoms. The Labute approximate surface area is 95.9 Å². The Morgan fingerprint density at radius 3 is 2.50 bits per heavy atom. The number of hydrogen-bond donors (Lipinski definition) is 1. The van der Waals surface area contributed by atoms with Crippen LogP contribution in [0.2, 0.25) is 0 Å². The minimum Gasteiger partial charge on any atom is -0.458 e. The van der Waals surface area contributed by atoms with Crippen molar-refractivity contribution in [3.63, 3.8) is 0 Å². The van der Waals surface area contributed by atoms with Gasteiger partial charge in [0.25, 0.3) is 0 Å². The number of para-hydroxylation sites is 1. The standard InChI is InChI=1S/C14H18O2/c1-9(15)12-8-10-6-5-7-11(13(10)16-12)14(2,3)4/h5-9,15H,1-4H3. The van der Waals surface area contributed by atoms with E-state index in [2.05, 4.69) is 26.8 Å². The van der Waals surface area contributed by atoms with E-state index >= 15 is 0 Å². The van der Waals surface area contributed by atoms with E-state index in [0.29, 0.717) is 5.76 Å². The number of rotatable bonds is 1. The molecule has 2 nitrogen and oxygen atoms in total. The van der Waals surface area contributed by atoms with Crippen molar-refractivity contribution in [2.75, 3.05) is 0 Å². The van der Waals surface area contributed by atoms with Gasteiger partial charge in [0.1, 0.15) is 17.4 Å². The van der Waals surface area contributed by atoms with Crippen molar-refractivity contribution >= 4 is 11.0 Å². The van der Waals surface area contributed by atoms with Crippen molar-refractivity contribution in [1.29, 1.82) is 0 Å². The van der Waals surface area contributed by atoms with E-state index in [1.807, 2.05) is 18.2 Å². The fourth-order valence-corrected chi connectivity index (χ4v) is 1.88. The smallest absolute Gasteiger partial charge is 0.138 e. The van der Waals surface area contributed by atoms with Gasteiger partial charge in [-0.2, -0.15) is 0 Å². The summed E-state index contributed by atoms with van der Waals surface area (Å²) in [5, 5.41) is 10.6. The fraction of sp³-hybridized carbons (Fsp3) is 0.429. The summed E-state index contributed by atoms with van der Waals surface area (Å²) in [5.41, 5.74) is 2.12. The Morgan fingerprint density at radius 2 is 1.94 bits per heavy atom. The lowest BCUT2D eigenvalue weighted by Crippen LogP contribution is -2.10. The average molecular weight is 218 g/mol. The minimum atomic E-state index is -0.555. The van der Waals surface area contributed by atoms with Gasteiger partial charge in [0.2, 0.25) is 0 Å². The number of hydrogen-bond acceptors (Lipinski definition) is 2. The summed E-state index contributed by atoms with van der Waals surface area (Å²) in [6, 6.07) is 8.04. The molecule has 0 fully saturated rings. The molecule has 0 bridgehead atoms. The van der Waals surface area contributed by atoms with Crippen LogP contribution in [0.3, 0.4) is 0 Å². The van der Waals surface area contributed by atoms with Gasteiger partial charge >= 0.3 is 0 Å². The maximum atomic E-state index is 9.52. The van der Waals surface area contributed by atoms with Crippen molar-refractivity contribution in [3.8, 4) is 0 Å². The van der Waals surface area contributed by atoms with E-state index in [4.69, 9.17) is 4.42 Å². The van der Waals surface area contributed by atoms with Crippen molar-refractivity contribution in [1.82, 2.24) is 0 Å². The summed E-state index contributed by atoms with van der Waals surface area (Å²) in [4.78, 5) is 0. The normalized spacial score (nSPS) is 14.3. The monoisotopic (exact) mass is 218 g/mol. The van der Waals surface area contributed by atoms with Crippen LogP contribution in [0.1, 0.15) is 45.1 Å². The average Bonchev–Trinajstić information content (AvgIpc) is 2.58. The maximum absolute atomic E-state index is 9.52. The molecule has 2 rings (SSSR count). The van der Waals surface area contributed by atoms with Gasteiger partial charge in [-0.05, 0) is 18.4 Å². The van der Waals surface area contributed by atoms with Gasteiger partial charge in [-0.1, -0.05) is 39.0 Å². The molecule has 0 aliphatic heterocycles. The molecule has 1 aromatic carbocycles. The van der Waals surface area contributed by atoms with Crippen molar-refractivity contribution in [3.05, 3.63) is 35.6 Å². The molecular weight excluding hydrogens is 200 g/mol. The Balaban J connectivity index is 2.68. The quantitative estimate of drug-likeness (QED) is 0.790. The van der Waals surface area contributed by atoms with E-state index in [9.17, 15) is 5.11 Å². The van der Waals surface area contributed by atoms with Crippen molar-refractivity contribution in [2.24, 2.45) is 0 Å². The zero-order chi connectivity index (χ0) is 11.9. The second kappa shape index (κ2) is 3.63. The molecule has 2 aromatic rings. The fourth-order valence-electron chi connectivity index (χ4n) is 1.88. The van der Waals surface area contributed by atoms with Gasteiger partial charge in [0.15, 0.2) is 0 Å². The molecule has 0 aliphatic rings.